The number of nitro benzene ring substituents is 1. The van der Waals surface area contributed by atoms with Gasteiger partial charge in [-0.25, -0.2) is 4.98 Å². The Hall–Kier alpha value is -2.57. The summed E-state index contributed by atoms with van der Waals surface area (Å²) in [6, 6.07) is 5.12. The van der Waals surface area contributed by atoms with E-state index < -0.39 is 4.92 Å². The van der Waals surface area contributed by atoms with Crippen molar-refractivity contribution < 1.29 is 4.92 Å². The van der Waals surface area contributed by atoms with Crippen LogP contribution in [0.25, 0.3) is 0 Å². The second-order valence-electron chi connectivity index (χ2n) is 4.02. The van der Waals surface area contributed by atoms with E-state index in [0.717, 1.165) is 5.82 Å². The van der Waals surface area contributed by atoms with Gasteiger partial charge in [0.2, 0.25) is 0 Å². The highest BCUT2D eigenvalue weighted by Crippen LogP contribution is 2.32. The van der Waals surface area contributed by atoms with Crippen LogP contribution in [0.4, 0.5) is 17.1 Å². The number of nitrogens with zero attached hydrogens (tertiary/aromatic N) is 3. The number of aromatic nitrogens is 2. The lowest BCUT2D eigenvalue weighted by atomic mass is 10.2. The molecule has 2 rings (SSSR count). The summed E-state index contributed by atoms with van der Waals surface area (Å²) in [5.74, 6) is 0.809. The van der Waals surface area contributed by atoms with Crippen molar-refractivity contribution in [2.24, 2.45) is 7.05 Å². The van der Waals surface area contributed by atoms with Crippen molar-refractivity contribution in [3.63, 3.8) is 0 Å². The van der Waals surface area contributed by atoms with Crippen molar-refractivity contribution in [3.8, 4) is 0 Å². The van der Waals surface area contributed by atoms with E-state index in [1.165, 1.54) is 0 Å². The quantitative estimate of drug-likeness (QED) is 0.635. The molecule has 0 aliphatic rings. The Labute approximate surface area is 110 Å². The molecule has 0 amide bonds. The average molecular weight is 261 g/mol. The number of nitrogens with one attached hydrogen (secondary N) is 2. The van der Waals surface area contributed by atoms with Crippen LogP contribution >= 0.6 is 0 Å². The Bertz CT molecular complexity index is 594. The zero-order valence-electron chi connectivity index (χ0n) is 10.8. The van der Waals surface area contributed by atoms with Crippen molar-refractivity contribution in [2.45, 2.75) is 6.54 Å². The van der Waals surface area contributed by atoms with E-state index in [-0.39, 0.29) is 5.69 Å². The lowest BCUT2D eigenvalue weighted by Crippen LogP contribution is -2.08. The van der Waals surface area contributed by atoms with Crippen LogP contribution in [0.1, 0.15) is 5.82 Å². The van der Waals surface area contributed by atoms with Crippen LogP contribution in [0.3, 0.4) is 0 Å². The summed E-state index contributed by atoms with van der Waals surface area (Å²) in [5.41, 5.74) is 0.994. The number of anilines is 2. The Morgan fingerprint density at radius 1 is 1.42 bits per heavy atom. The number of rotatable bonds is 5. The molecule has 100 valence electrons. The fraction of sp³-hybridized carbons (Fsp3) is 0.250. The third kappa shape index (κ3) is 2.65. The van der Waals surface area contributed by atoms with Gasteiger partial charge in [0.1, 0.15) is 17.2 Å². The summed E-state index contributed by atoms with van der Waals surface area (Å²) in [6.45, 7) is 0.428. The Balaban J connectivity index is 2.25. The van der Waals surface area contributed by atoms with Gasteiger partial charge < -0.3 is 15.2 Å². The predicted octanol–water partition coefficient (Wildman–Crippen LogP) is 1.98. The molecular weight excluding hydrogens is 246 g/mol. The first-order chi connectivity index (χ1) is 9.13. The molecule has 0 saturated carbocycles. The smallest absolute Gasteiger partial charge is 0.315 e. The predicted molar refractivity (Wildman–Crippen MR) is 73.2 cm³/mol. The Morgan fingerprint density at radius 3 is 2.74 bits per heavy atom. The zero-order valence-corrected chi connectivity index (χ0v) is 10.8. The number of aryl methyl sites for hydroxylation is 1. The van der Waals surface area contributed by atoms with Crippen molar-refractivity contribution in [1.29, 1.82) is 0 Å². The highest BCUT2D eigenvalue weighted by molar-refractivity contribution is 5.75. The highest BCUT2D eigenvalue weighted by atomic mass is 16.6. The van der Waals surface area contributed by atoms with Gasteiger partial charge in [0.05, 0.1) is 11.5 Å². The molecule has 1 aromatic heterocycles. The molecule has 7 nitrogen and oxygen atoms in total. The summed E-state index contributed by atoms with van der Waals surface area (Å²) < 4.78 is 1.86. The van der Waals surface area contributed by atoms with Crippen LogP contribution in [0.5, 0.6) is 0 Å². The van der Waals surface area contributed by atoms with Crippen LogP contribution in [0.2, 0.25) is 0 Å². The van der Waals surface area contributed by atoms with Crippen molar-refractivity contribution >= 4 is 17.1 Å². The molecule has 0 saturated heterocycles. The number of nitro groups is 1. The molecule has 0 bridgehead atoms. The number of hydrogen-bond donors (Lipinski definition) is 2. The first-order valence-electron chi connectivity index (χ1n) is 5.78. The summed E-state index contributed by atoms with van der Waals surface area (Å²) in [7, 11) is 3.54. The van der Waals surface area contributed by atoms with Gasteiger partial charge in [-0.05, 0) is 12.1 Å². The third-order valence-electron chi connectivity index (χ3n) is 2.85. The number of hydrogen-bond acceptors (Lipinski definition) is 5. The van der Waals surface area contributed by atoms with Gasteiger partial charge in [0.15, 0.2) is 0 Å². The molecule has 0 spiro atoms. The Morgan fingerprint density at radius 2 is 2.16 bits per heavy atom. The second-order valence-corrected chi connectivity index (χ2v) is 4.02. The molecule has 0 atom stereocenters. The third-order valence-corrected chi connectivity index (χ3v) is 2.85. The number of para-hydroxylation sites is 1. The van der Waals surface area contributed by atoms with Crippen molar-refractivity contribution in [3.05, 3.63) is 46.5 Å². The van der Waals surface area contributed by atoms with Crippen LogP contribution < -0.4 is 10.6 Å². The summed E-state index contributed by atoms with van der Waals surface area (Å²) in [6.07, 6.45) is 3.52. The van der Waals surface area contributed by atoms with Crippen LogP contribution in [-0.4, -0.2) is 21.5 Å². The molecule has 2 N–H and O–H groups in total. The minimum absolute atomic E-state index is 0.0409. The van der Waals surface area contributed by atoms with E-state index in [2.05, 4.69) is 15.6 Å². The molecule has 2 aromatic rings. The largest absolute Gasteiger partial charge is 0.382 e. The van der Waals surface area contributed by atoms with Gasteiger partial charge in [0.25, 0.3) is 0 Å². The molecule has 7 heteroatoms. The fourth-order valence-corrected chi connectivity index (χ4v) is 1.83. The van der Waals surface area contributed by atoms with E-state index >= 15 is 0 Å². The van der Waals surface area contributed by atoms with Gasteiger partial charge in [-0.2, -0.15) is 0 Å². The second kappa shape index (κ2) is 5.38. The monoisotopic (exact) mass is 261 g/mol. The molecular formula is C12H15N5O2. The normalized spacial score (nSPS) is 10.2. The maximum atomic E-state index is 11.1. The van der Waals surface area contributed by atoms with Gasteiger partial charge in [-0.3, -0.25) is 10.1 Å². The van der Waals surface area contributed by atoms with Gasteiger partial charge in [-0.1, -0.05) is 6.07 Å². The van der Waals surface area contributed by atoms with Crippen molar-refractivity contribution in [1.82, 2.24) is 9.55 Å². The molecule has 0 aliphatic carbocycles. The topological polar surface area (TPSA) is 85.0 Å². The average Bonchev–Trinajstić information content (AvgIpc) is 2.81. The number of imidazole rings is 1. The first-order valence-corrected chi connectivity index (χ1v) is 5.78. The SMILES string of the molecule is CNc1cccc(NCc2nccn2C)c1[N+](=O)[O-]. The van der Waals surface area contributed by atoms with Crippen LogP contribution in [0.15, 0.2) is 30.6 Å². The zero-order chi connectivity index (χ0) is 13.8. The molecule has 0 unspecified atom stereocenters. The standard InChI is InChI=1S/C12H15N5O2/c1-13-9-4-3-5-10(12(9)17(18)19)15-8-11-14-6-7-16(11)2/h3-7,13,15H,8H2,1-2H3. The molecule has 1 aromatic carbocycles. The van der Waals surface area contributed by atoms with E-state index in [9.17, 15) is 10.1 Å². The van der Waals surface area contributed by atoms with E-state index in [1.54, 1.807) is 31.4 Å². The molecule has 0 radical (unpaired) electrons. The summed E-state index contributed by atoms with van der Waals surface area (Å²) >= 11 is 0. The van der Waals surface area contributed by atoms with E-state index in [1.807, 2.05) is 17.8 Å². The molecule has 19 heavy (non-hydrogen) atoms. The van der Waals surface area contributed by atoms with Gasteiger partial charge in [0, 0.05) is 26.5 Å². The van der Waals surface area contributed by atoms with Gasteiger partial charge >= 0.3 is 5.69 Å². The molecule has 0 aliphatic heterocycles. The summed E-state index contributed by atoms with van der Waals surface area (Å²) in [5, 5.41) is 17.0. The minimum Gasteiger partial charge on any atom is -0.382 e. The van der Waals surface area contributed by atoms with Crippen LogP contribution in [-0.2, 0) is 13.6 Å². The first kappa shape index (κ1) is 12.9. The summed E-state index contributed by atoms with van der Waals surface area (Å²) in [4.78, 5) is 14.9. The number of benzene rings is 1. The lowest BCUT2D eigenvalue weighted by molar-refractivity contribution is -0.383. The van der Waals surface area contributed by atoms with Crippen LogP contribution in [0, 0.1) is 10.1 Å². The molecule has 0 fully saturated rings. The van der Waals surface area contributed by atoms with E-state index in [0.29, 0.717) is 17.9 Å². The van der Waals surface area contributed by atoms with Gasteiger partial charge in [-0.15, -0.1) is 0 Å². The molecule has 1 heterocycles. The Kier molecular flexibility index (Phi) is 3.65. The van der Waals surface area contributed by atoms with Crippen molar-refractivity contribution in [2.75, 3.05) is 17.7 Å². The highest BCUT2D eigenvalue weighted by Gasteiger charge is 2.18. The maximum Gasteiger partial charge on any atom is 0.315 e. The fourth-order valence-electron chi connectivity index (χ4n) is 1.83. The minimum atomic E-state index is -0.396. The maximum absolute atomic E-state index is 11.1. The lowest BCUT2D eigenvalue weighted by Gasteiger charge is -2.09. The van der Waals surface area contributed by atoms with E-state index in [4.69, 9.17) is 0 Å².